The van der Waals surface area contributed by atoms with Gasteiger partial charge in [0.25, 0.3) is 5.91 Å². The molecule has 3 atom stereocenters. The molecule has 30 heavy (non-hydrogen) atoms. The number of ether oxygens (including phenoxy) is 1. The number of benzene rings is 1. The van der Waals surface area contributed by atoms with Crippen LogP contribution in [0.15, 0.2) is 24.3 Å². The van der Waals surface area contributed by atoms with Crippen LogP contribution in [0.25, 0.3) is 0 Å². The van der Waals surface area contributed by atoms with Crippen molar-refractivity contribution in [3.8, 4) is 5.75 Å². The highest BCUT2D eigenvalue weighted by molar-refractivity contribution is 5.89. The predicted molar refractivity (Wildman–Crippen MR) is 114 cm³/mol. The Morgan fingerprint density at radius 2 is 1.80 bits per heavy atom. The van der Waals surface area contributed by atoms with Crippen molar-refractivity contribution in [2.75, 3.05) is 24.5 Å². The summed E-state index contributed by atoms with van der Waals surface area (Å²) in [6.07, 6.45) is -1.10. The Morgan fingerprint density at radius 3 is 2.30 bits per heavy atom. The molecule has 2 amide bonds. The molecule has 1 heterocycles. The SMILES string of the molecule is CC(C)CC(C(=O)N1CCN(c2ccc(OC(C)C)cc2)C[C@H]1C)C(O)C(=O)NO. The molecule has 0 saturated carbocycles. The number of nitrogens with zero attached hydrogens (tertiary/aromatic N) is 2. The highest BCUT2D eigenvalue weighted by Gasteiger charge is 2.38. The van der Waals surface area contributed by atoms with E-state index in [0.29, 0.717) is 26.1 Å². The van der Waals surface area contributed by atoms with Gasteiger partial charge in [0.1, 0.15) is 11.9 Å². The molecule has 1 aromatic rings. The minimum absolute atomic E-state index is 0.0862. The zero-order chi connectivity index (χ0) is 22.4. The molecule has 0 aromatic heterocycles. The molecule has 1 saturated heterocycles. The maximum Gasteiger partial charge on any atom is 0.272 e. The lowest BCUT2D eigenvalue weighted by molar-refractivity contribution is -0.152. The van der Waals surface area contributed by atoms with Gasteiger partial charge in [-0.25, -0.2) is 5.48 Å². The van der Waals surface area contributed by atoms with E-state index in [1.807, 2.05) is 58.9 Å². The molecule has 0 spiro atoms. The molecular formula is C22H35N3O5. The van der Waals surface area contributed by atoms with Crippen LogP contribution in [0.5, 0.6) is 5.75 Å². The lowest BCUT2D eigenvalue weighted by atomic mass is 9.89. The summed E-state index contributed by atoms with van der Waals surface area (Å²) < 4.78 is 5.69. The van der Waals surface area contributed by atoms with Crippen LogP contribution in [0.3, 0.4) is 0 Å². The fraction of sp³-hybridized carbons (Fsp3) is 0.636. The van der Waals surface area contributed by atoms with Crippen molar-refractivity contribution in [1.82, 2.24) is 10.4 Å². The van der Waals surface area contributed by atoms with Gasteiger partial charge in [-0.2, -0.15) is 0 Å². The third-order valence-electron chi connectivity index (χ3n) is 5.29. The summed E-state index contributed by atoms with van der Waals surface area (Å²) in [6.45, 7) is 11.6. The number of anilines is 1. The molecule has 1 fully saturated rings. The number of piperazine rings is 1. The molecule has 8 heteroatoms. The molecule has 1 aliphatic heterocycles. The lowest BCUT2D eigenvalue weighted by Crippen LogP contribution is -2.57. The summed E-state index contributed by atoms with van der Waals surface area (Å²) in [4.78, 5) is 28.8. The first-order valence-corrected chi connectivity index (χ1v) is 10.6. The van der Waals surface area contributed by atoms with E-state index in [0.717, 1.165) is 11.4 Å². The number of hydroxylamine groups is 1. The van der Waals surface area contributed by atoms with E-state index < -0.39 is 17.9 Å². The number of nitrogens with one attached hydrogen (secondary N) is 1. The third-order valence-corrected chi connectivity index (χ3v) is 5.29. The van der Waals surface area contributed by atoms with E-state index in [4.69, 9.17) is 9.94 Å². The van der Waals surface area contributed by atoms with Gasteiger partial charge in [0.05, 0.1) is 12.0 Å². The molecule has 8 nitrogen and oxygen atoms in total. The van der Waals surface area contributed by atoms with Gasteiger partial charge < -0.3 is 19.6 Å². The Bertz CT molecular complexity index is 707. The fourth-order valence-corrected chi connectivity index (χ4v) is 3.86. The number of aliphatic hydroxyl groups is 1. The van der Waals surface area contributed by atoms with E-state index in [2.05, 4.69) is 4.90 Å². The highest BCUT2D eigenvalue weighted by Crippen LogP contribution is 2.26. The summed E-state index contributed by atoms with van der Waals surface area (Å²) in [6, 6.07) is 7.83. The van der Waals surface area contributed by atoms with Crippen molar-refractivity contribution in [3.63, 3.8) is 0 Å². The molecule has 168 valence electrons. The van der Waals surface area contributed by atoms with Crippen molar-refractivity contribution in [2.45, 2.75) is 59.3 Å². The first kappa shape index (κ1) is 24.0. The van der Waals surface area contributed by atoms with E-state index in [1.54, 1.807) is 4.90 Å². The number of hydrogen-bond acceptors (Lipinski definition) is 6. The highest BCUT2D eigenvalue weighted by atomic mass is 16.5. The van der Waals surface area contributed by atoms with Crippen LogP contribution in [0.4, 0.5) is 5.69 Å². The van der Waals surface area contributed by atoms with E-state index in [9.17, 15) is 14.7 Å². The van der Waals surface area contributed by atoms with Crippen LogP contribution in [-0.4, -0.2) is 64.9 Å². The summed E-state index contributed by atoms with van der Waals surface area (Å²) in [5.41, 5.74) is 2.51. The first-order valence-electron chi connectivity index (χ1n) is 10.6. The second-order valence-corrected chi connectivity index (χ2v) is 8.64. The Labute approximate surface area is 178 Å². The van der Waals surface area contributed by atoms with Gasteiger partial charge in [-0.3, -0.25) is 14.8 Å². The smallest absolute Gasteiger partial charge is 0.272 e. The molecule has 3 N–H and O–H groups in total. The number of hydrogen-bond donors (Lipinski definition) is 3. The molecule has 1 aliphatic rings. The van der Waals surface area contributed by atoms with Crippen molar-refractivity contribution in [2.24, 2.45) is 11.8 Å². The zero-order valence-electron chi connectivity index (χ0n) is 18.5. The second-order valence-electron chi connectivity index (χ2n) is 8.64. The van der Waals surface area contributed by atoms with E-state index in [-0.39, 0.29) is 24.0 Å². The third kappa shape index (κ3) is 6.09. The molecular weight excluding hydrogens is 386 g/mol. The lowest BCUT2D eigenvalue weighted by Gasteiger charge is -2.42. The Balaban J connectivity index is 2.07. The maximum atomic E-state index is 13.2. The molecule has 0 aliphatic carbocycles. The number of carbonyl (C=O) groups excluding carboxylic acids is 2. The van der Waals surface area contributed by atoms with Gasteiger partial charge in [0, 0.05) is 31.4 Å². The van der Waals surface area contributed by atoms with Gasteiger partial charge in [-0.15, -0.1) is 0 Å². The van der Waals surface area contributed by atoms with Crippen LogP contribution in [0, 0.1) is 11.8 Å². The average Bonchev–Trinajstić information content (AvgIpc) is 2.70. The molecule has 0 radical (unpaired) electrons. The number of rotatable bonds is 8. The Morgan fingerprint density at radius 1 is 1.17 bits per heavy atom. The van der Waals surface area contributed by atoms with Crippen molar-refractivity contribution in [1.29, 1.82) is 0 Å². The van der Waals surface area contributed by atoms with Gasteiger partial charge >= 0.3 is 0 Å². The van der Waals surface area contributed by atoms with Gasteiger partial charge in [-0.1, -0.05) is 13.8 Å². The predicted octanol–water partition coefficient (Wildman–Crippen LogP) is 2.04. The minimum Gasteiger partial charge on any atom is -0.491 e. The van der Waals surface area contributed by atoms with Crippen LogP contribution >= 0.6 is 0 Å². The maximum absolute atomic E-state index is 13.2. The van der Waals surface area contributed by atoms with Crippen molar-refractivity contribution < 1.29 is 24.6 Å². The number of carbonyl (C=O) groups is 2. The molecule has 2 unspecified atom stereocenters. The summed E-state index contributed by atoms with van der Waals surface area (Å²) in [5.74, 6) is -1.17. The van der Waals surface area contributed by atoms with Crippen LogP contribution in [-0.2, 0) is 9.59 Å². The van der Waals surface area contributed by atoms with E-state index >= 15 is 0 Å². The van der Waals surface area contributed by atoms with Gasteiger partial charge in [0.2, 0.25) is 5.91 Å². The average molecular weight is 422 g/mol. The van der Waals surface area contributed by atoms with Crippen LogP contribution in [0.1, 0.15) is 41.0 Å². The topological polar surface area (TPSA) is 102 Å². The fourth-order valence-electron chi connectivity index (χ4n) is 3.86. The summed E-state index contributed by atoms with van der Waals surface area (Å²) >= 11 is 0. The zero-order valence-corrected chi connectivity index (χ0v) is 18.5. The minimum atomic E-state index is -1.58. The normalized spacial score (nSPS) is 19.0. The quantitative estimate of drug-likeness (QED) is 0.439. The Kier molecular flexibility index (Phi) is 8.49. The van der Waals surface area contributed by atoms with Gasteiger partial charge in [0.15, 0.2) is 0 Å². The van der Waals surface area contributed by atoms with Crippen molar-refractivity contribution in [3.05, 3.63) is 24.3 Å². The van der Waals surface area contributed by atoms with Gasteiger partial charge in [-0.05, 0) is 57.4 Å². The first-order chi connectivity index (χ1) is 14.1. The molecule has 0 bridgehead atoms. The number of amides is 2. The second kappa shape index (κ2) is 10.6. The Hall–Kier alpha value is -2.32. The summed E-state index contributed by atoms with van der Waals surface area (Å²) in [7, 11) is 0. The number of aliphatic hydroxyl groups excluding tert-OH is 1. The standard InChI is InChI=1S/C22H35N3O5/c1-14(2)12-19(20(26)21(27)23-29)22(28)25-11-10-24(13-16(25)5)17-6-8-18(9-7-17)30-15(3)4/h6-9,14-16,19-20,26,29H,10-13H2,1-5H3,(H,23,27)/t16-,19?,20?/m1/s1. The van der Waals surface area contributed by atoms with Crippen LogP contribution in [0.2, 0.25) is 0 Å². The largest absolute Gasteiger partial charge is 0.491 e. The monoisotopic (exact) mass is 421 g/mol. The van der Waals surface area contributed by atoms with Crippen molar-refractivity contribution >= 4 is 17.5 Å². The van der Waals surface area contributed by atoms with E-state index in [1.165, 1.54) is 5.48 Å². The molecule has 2 rings (SSSR count). The summed E-state index contributed by atoms with van der Waals surface area (Å²) in [5, 5.41) is 19.2. The van der Waals surface area contributed by atoms with Crippen LogP contribution < -0.4 is 15.1 Å². The molecule has 1 aromatic carbocycles.